The van der Waals surface area contributed by atoms with Crippen LogP contribution in [-0.4, -0.2) is 8.42 Å². The molecule has 0 saturated heterocycles. The molecule has 0 amide bonds. The molecule has 0 bridgehead atoms. The van der Waals surface area contributed by atoms with Crippen molar-refractivity contribution in [3.8, 4) is 6.07 Å². The standard InChI is InChI=1S/C7H3Cl2NO2S/c8-6-3-1-2-5(4-10)7(6)13(9,11)12/h1-3H. The number of hydrogen-bond acceptors (Lipinski definition) is 3. The Balaban J connectivity index is 3.62. The summed E-state index contributed by atoms with van der Waals surface area (Å²) in [5, 5.41) is 8.53. The molecule has 0 saturated carbocycles. The topological polar surface area (TPSA) is 57.9 Å². The number of halogens is 2. The van der Waals surface area contributed by atoms with Gasteiger partial charge in [0.1, 0.15) is 11.0 Å². The molecule has 1 aromatic carbocycles. The van der Waals surface area contributed by atoms with Crippen LogP contribution in [0.3, 0.4) is 0 Å². The van der Waals surface area contributed by atoms with Crippen molar-refractivity contribution in [3.05, 3.63) is 28.8 Å². The van der Waals surface area contributed by atoms with Gasteiger partial charge < -0.3 is 0 Å². The van der Waals surface area contributed by atoms with E-state index in [9.17, 15) is 8.42 Å². The molecule has 0 aliphatic heterocycles. The van der Waals surface area contributed by atoms with Crippen LogP contribution in [-0.2, 0) is 9.05 Å². The summed E-state index contributed by atoms with van der Waals surface area (Å²) in [6.45, 7) is 0. The Morgan fingerprint density at radius 1 is 1.38 bits per heavy atom. The summed E-state index contributed by atoms with van der Waals surface area (Å²) in [5.74, 6) is 0. The van der Waals surface area contributed by atoms with Gasteiger partial charge in [-0.25, -0.2) is 8.42 Å². The summed E-state index contributed by atoms with van der Waals surface area (Å²) >= 11 is 5.58. The van der Waals surface area contributed by atoms with Gasteiger partial charge in [-0.05, 0) is 12.1 Å². The molecule has 0 aliphatic carbocycles. The normalized spacial score (nSPS) is 10.8. The molecule has 0 radical (unpaired) electrons. The van der Waals surface area contributed by atoms with Crippen molar-refractivity contribution in [2.24, 2.45) is 0 Å². The SMILES string of the molecule is N#Cc1cccc(Cl)c1S(=O)(=O)Cl. The van der Waals surface area contributed by atoms with Gasteiger partial charge in [0.25, 0.3) is 9.05 Å². The van der Waals surface area contributed by atoms with E-state index >= 15 is 0 Å². The Morgan fingerprint density at radius 2 is 2.00 bits per heavy atom. The molecule has 0 N–H and O–H groups in total. The molecule has 0 atom stereocenters. The lowest BCUT2D eigenvalue weighted by molar-refractivity contribution is 0.609. The van der Waals surface area contributed by atoms with Crippen LogP contribution in [0.1, 0.15) is 5.56 Å². The van der Waals surface area contributed by atoms with E-state index in [2.05, 4.69) is 0 Å². The Morgan fingerprint density at radius 3 is 2.38 bits per heavy atom. The minimum Gasteiger partial charge on any atom is -0.207 e. The van der Waals surface area contributed by atoms with Gasteiger partial charge in [-0.2, -0.15) is 5.26 Å². The molecule has 0 spiro atoms. The lowest BCUT2D eigenvalue weighted by Crippen LogP contribution is -1.95. The number of rotatable bonds is 1. The highest BCUT2D eigenvalue weighted by molar-refractivity contribution is 8.13. The second kappa shape index (κ2) is 3.54. The maximum absolute atomic E-state index is 11.0. The van der Waals surface area contributed by atoms with Crippen LogP contribution in [0.15, 0.2) is 23.1 Å². The monoisotopic (exact) mass is 235 g/mol. The van der Waals surface area contributed by atoms with E-state index in [1.165, 1.54) is 18.2 Å². The summed E-state index contributed by atoms with van der Waals surface area (Å²) < 4.78 is 21.9. The highest BCUT2D eigenvalue weighted by atomic mass is 35.7. The number of benzene rings is 1. The highest BCUT2D eigenvalue weighted by Crippen LogP contribution is 2.27. The predicted molar refractivity (Wildman–Crippen MR) is 49.2 cm³/mol. The van der Waals surface area contributed by atoms with Gasteiger partial charge in [-0.15, -0.1) is 0 Å². The minimum absolute atomic E-state index is 0.0472. The zero-order valence-electron chi connectivity index (χ0n) is 6.16. The van der Waals surface area contributed by atoms with Gasteiger partial charge in [-0.1, -0.05) is 17.7 Å². The summed E-state index contributed by atoms with van der Waals surface area (Å²) in [6, 6.07) is 5.87. The van der Waals surface area contributed by atoms with Crippen LogP contribution < -0.4 is 0 Å². The molecule has 1 rings (SSSR count). The fraction of sp³-hybridized carbons (Fsp3) is 0. The lowest BCUT2D eigenvalue weighted by atomic mass is 10.2. The molecule has 1 aromatic rings. The second-order valence-corrected chi connectivity index (χ2v) is 5.08. The van der Waals surface area contributed by atoms with E-state index in [-0.39, 0.29) is 15.5 Å². The fourth-order valence-corrected chi connectivity index (χ4v) is 2.62. The first-order valence-electron chi connectivity index (χ1n) is 3.10. The van der Waals surface area contributed by atoms with E-state index in [0.29, 0.717) is 0 Å². The van der Waals surface area contributed by atoms with Gasteiger partial charge in [0, 0.05) is 10.7 Å². The molecule has 13 heavy (non-hydrogen) atoms. The van der Waals surface area contributed by atoms with E-state index in [4.69, 9.17) is 27.5 Å². The van der Waals surface area contributed by atoms with E-state index in [0.717, 1.165) is 0 Å². The minimum atomic E-state index is -3.96. The third kappa shape index (κ3) is 2.13. The summed E-state index contributed by atoms with van der Waals surface area (Å²) in [4.78, 5) is -0.333. The zero-order chi connectivity index (χ0) is 10.1. The van der Waals surface area contributed by atoms with Crippen LogP contribution in [0.5, 0.6) is 0 Å². The third-order valence-electron chi connectivity index (χ3n) is 1.33. The first kappa shape index (κ1) is 10.3. The van der Waals surface area contributed by atoms with Crippen molar-refractivity contribution < 1.29 is 8.42 Å². The van der Waals surface area contributed by atoms with Crippen molar-refractivity contribution in [3.63, 3.8) is 0 Å². The Labute approximate surface area is 84.9 Å². The molecule has 0 aromatic heterocycles. The smallest absolute Gasteiger partial charge is 0.207 e. The van der Waals surface area contributed by atoms with Gasteiger partial charge in [0.05, 0.1) is 10.6 Å². The van der Waals surface area contributed by atoms with Crippen LogP contribution in [0, 0.1) is 11.3 Å². The van der Waals surface area contributed by atoms with E-state index in [1.807, 2.05) is 0 Å². The number of nitrogens with zero attached hydrogens (tertiary/aromatic N) is 1. The molecule has 68 valence electrons. The summed E-state index contributed by atoms with van der Waals surface area (Å²) in [5.41, 5.74) is -0.0532. The van der Waals surface area contributed by atoms with Crippen molar-refractivity contribution in [1.82, 2.24) is 0 Å². The maximum Gasteiger partial charge on any atom is 0.264 e. The fourth-order valence-electron chi connectivity index (χ4n) is 0.845. The number of nitriles is 1. The first-order chi connectivity index (χ1) is 5.96. The number of hydrogen-bond donors (Lipinski definition) is 0. The Bertz CT molecular complexity index is 476. The van der Waals surface area contributed by atoms with Crippen molar-refractivity contribution >= 4 is 31.3 Å². The molecule has 0 heterocycles. The third-order valence-corrected chi connectivity index (χ3v) is 3.15. The van der Waals surface area contributed by atoms with Crippen LogP contribution in [0.4, 0.5) is 0 Å². The second-order valence-electron chi connectivity index (χ2n) is 2.17. The summed E-state index contributed by atoms with van der Waals surface area (Å²) in [6.07, 6.45) is 0. The molecule has 6 heteroatoms. The molecule has 0 fully saturated rings. The first-order valence-corrected chi connectivity index (χ1v) is 5.79. The average molecular weight is 236 g/mol. The molecular weight excluding hydrogens is 233 g/mol. The molecule has 3 nitrogen and oxygen atoms in total. The van der Waals surface area contributed by atoms with Crippen molar-refractivity contribution in [2.75, 3.05) is 0 Å². The largest absolute Gasteiger partial charge is 0.264 e. The summed E-state index contributed by atoms with van der Waals surface area (Å²) in [7, 11) is 1.13. The van der Waals surface area contributed by atoms with Crippen molar-refractivity contribution in [1.29, 1.82) is 5.26 Å². The van der Waals surface area contributed by atoms with Gasteiger partial charge in [0.15, 0.2) is 0 Å². The predicted octanol–water partition coefficient (Wildman–Crippen LogP) is 2.14. The maximum atomic E-state index is 11.0. The molecule has 0 aliphatic rings. The zero-order valence-corrected chi connectivity index (χ0v) is 8.49. The van der Waals surface area contributed by atoms with E-state index in [1.54, 1.807) is 6.07 Å². The molecule has 0 unspecified atom stereocenters. The Hall–Kier alpha value is -0.760. The molecular formula is C7H3Cl2NO2S. The van der Waals surface area contributed by atoms with Gasteiger partial charge in [0.2, 0.25) is 0 Å². The van der Waals surface area contributed by atoms with Gasteiger partial charge in [-0.3, -0.25) is 0 Å². The van der Waals surface area contributed by atoms with Crippen LogP contribution in [0.25, 0.3) is 0 Å². The quantitative estimate of drug-likeness (QED) is 0.702. The Kier molecular flexibility index (Phi) is 2.81. The van der Waals surface area contributed by atoms with E-state index < -0.39 is 9.05 Å². The van der Waals surface area contributed by atoms with Crippen LogP contribution in [0.2, 0.25) is 5.02 Å². The lowest BCUT2D eigenvalue weighted by Gasteiger charge is -2.00. The van der Waals surface area contributed by atoms with Crippen molar-refractivity contribution in [2.45, 2.75) is 4.90 Å². The average Bonchev–Trinajstić information content (AvgIpc) is 2.01. The van der Waals surface area contributed by atoms with Crippen LogP contribution >= 0.6 is 22.3 Å². The van der Waals surface area contributed by atoms with Gasteiger partial charge >= 0.3 is 0 Å². The highest BCUT2D eigenvalue weighted by Gasteiger charge is 2.19.